The van der Waals surface area contributed by atoms with Crippen LogP contribution >= 0.6 is 22.7 Å². The fourth-order valence-corrected chi connectivity index (χ4v) is 5.97. The number of aromatic nitrogens is 1. The van der Waals surface area contributed by atoms with Crippen molar-refractivity contribution in [1.29, 1.82) is 0 Å². The van der Waals surface area contributed by atoms with Gasteiger partial charge >= 0.3 is 12.3 Å². The molecule has 0 spiro atoms. The second-order valence-corrected chi connectivity index (χ2v) is 9.30. The van der Waals surface area contributed by atoms with Gasteiger partial charge in [-0.25, -0.2) is 9.78 Å². The molecule has 0 radical (unpaired) electrons. The highest BCUT2D eigenvalue weighted by Gasteiger charge is 2.42. The van der Waals surface area contributed by atoms with Crippen LogP contribution in [-0.4, -0.2) is 33.4 Å². The van der Waals surface area contributed by atoms with Crippen molar-refractivity contribution < 1.29 is 33.0 Å². The zero-order chi connectivity index (χ0) is 22.8. The summed E-state index contributed by atoms with van der Waals surface area (Å²) >= 11 is 2.75. The van der Waals surface area contributed by atoms with Crippen LogP contribution in [0.1, 0.15) is 41.8 Å². The van der Waals surface area contributed by atoms with Crippen LogP contribution in [0.5, 0.6) is 0 Å². The third-order valence-corrected chi connectivity index (χ3v) is 7.27. The van der Waals surface area contributed by atoms with Gasteiger partial charge in [-0.1, -0.05) is 6.08 Å². The lowest BCUT2D eigenvalue weighted by Gasteiger charge is -2.24. The Morgan fingerprint density at radius 2 is 1.97 bits per heavy atom. The summed E-state index contributed by atoms with van der Waals surface area (Å²) in [6, 6.07) is 0. The Labute approximate surface area is 184 Å². The molecule has 0 fully saturated rings. The molecule has 2 aliphatic rings. The number of allylic oxidation sites excluding steroid dienone is 1. The van der Waals surface area contributed by atoms with Crippen molar-refractivity contribution in [2.45, 2.75) is 51.6 Å². The number of thiazole rings is 1. The van der Waals surface area contributed by atoms with Crippen molar-refractivity contribution >= 4 is 39.7 Å². The first-order chi connectivity index (χ1) is 14.6. The number of amides is 1. The van der Waals surface area contributed by atoms with E-state index in [1.54, 1.807) is 0 Å². The van der Waals surface area contributed by atoms with Gasteiger partial charge in [-0.3, -0.25) is 4.79 Å². The number of anilines is 1. The zero-order valence-corrected chi connectivity index (χ0v) is 18.2. The smallest absolute Gasteiger partial charge is 0.450 e. The molecule has 11 heteroatoms. The minimum atomic E-state index is -4.18. The highest BCUT2D eigenvalue weighted by atomic mass is 32.1. The van der Waals surface area contributed by atoms with E-state index in [4.69, 9.17) is 15.0 Å². The quantitative estimate of drug-likeness (QED) is 0.498. The van der Waals surface area contributed by atoms with Crippen molar-refractivity contribution in [3.63, 3.8) is 0 Å². The summed E-state index contributed by atoms with van der Waals surface area (Å²) in [5.74, 6) is -1.45. The number of carbonyl (C=O) groups excluding carboxylic acids is 1. The lowest BCUT2D eigenvalue weighted by Crippen LogP contribution is -2.28. The van der Waals surface area contributed by atoms with Crippen molar-refractivity contribution in [2.75, 3.05) is 5.32 Å². The maximum atomic E-state index is 13.2. The number of fused-ring (bicyclic) bond motifs is 1. The van der Waals surface area contributed by atoms with Crippen molar-refractivity contribution in [3.05, 3.63) is 33.2 Å². The Morgan fingerprint density at radius 3 is 2.52 bits per heavy atom. The Kier molecular flexibility index (Phi) is 7.05. The van der Waals surface area contributed by atoms with Gasteiger partial charge in [0.1, 0.15) is 10.0 Å². The van der Waals surface area contributed by atoms with Crippen molar-refractivity contribution in [2.24, 2.45) is 5.92 Å². The molecular formula is C20H21F3N2O4S2. The predicted octanol–water partition coefficient (Wildman–Crippen LogP) is 6.12. The van der Waals surface area contributed by atoms with Crippen molar-refractivity contribution in [1.82, 2.24) is 4.98 Å². The standard InChI is InChI=1S/C19H19F3N2OS2.CH2O3/c1-10-9-26-17(23-10)15-13-7-6-12(19(20,21)22)8-14(13)27-18(15)24-16(25)11-4-2-3-5-11;2-1(3)4/h4,9,12H,2-3,5-8H2,1H3,(H,24,25);(H2,2,3,4). The number of rotatable bonds is 3. The highest BCUT2D eigenvalue weighted by molar-refractivity contribution is 7.18. The fourth-order valence-electron chi connectivity index (χ4n) is 3.71. The molecule has 4 rings (SSSR count). The molecule has 31 heavy (non-hydrogen) atoms. The number of carbonyl (C=O) groups is 2. The first-order valence-corrected chi connectivity index (χ1v) is 11.3. The van der Waals surface area contributed by atoms with Gasteiger partial charge in [-0.15, -0.1) is 22.7 Å². The molecule has 2 aromatic heterocycles. The number of alkyl halides is 3. The van der Waals surface area contributed by atoms with E-state index in [1.807, 2.05) is 18.4 Å². The maximum absolute atomic E-state index is 13.2. The van der Waals surface area contributed by atoms with Crippen LogP contribution in [0.3, 0.4) is 0 Å². The summed E-state index contributed by atoms with van der Waals surface area (Å²) in [6.45, 7) is 1.89. The van der Waals surface area contributed by atoms with Gasteiger partial charge in [0.2, 0.25) is 0 Å². The van der Waals surface area contributed by atoms with Gasteiger partial charge < -0.3 is 15.5 Å². The lowest BCUT2D eigenvalue weighted by atomic mass is 9.87. The number of hydrogen-bond acceptors (Lipinski definition) is 5. The largest absolute Gasteiger partial charge is 0.503 e. The van der Waals surface area contributed by atoms with Gasteiger partial charge in [-0.2, -0.15) is 13.2 Å². The van der Waals surface area contributed by atoms with E-state index in [0.717, 1.165) is 51.5 Å². The predicted molar refractivity (Wildman–Crippen MR) is 113 cm³/mol. The highest BCUT2D eigenvalue weighted by Crippen LogP contribution is 2.48. The second kappa shape index (κ2) is 9.39. The number of carboxylic acid groups (broad SMARTS) is 2. The van der Waals surface area contributed by atoms with Gasteiger partial charge in [0.05, 0.1) is 5.92 Å². The molecular weight excluding hydrogens is 453 g/mol. The normalized spacial score (nSPS) is 17.9. The fraction of sp³-hybridized carbons (Fsp3) is 0.450. The third kappa shape index (κ3) is 5.65. The summed E-state index contributed by atoms with van der Waals surface area (Å²) < 4.78 is 39.6. The lowest BCUT2D eigenvalue weighted by molar-refractivity contribution is -0.176. The molecule has 6 nitrogen and oxygen atoms in total. The first kappa shape index (κ1) is 23.3. The molecule has 2 aromatic rings. The van der Waals surface area contributed by atoms with E-state index >= 15 is 0 Å². The molecule has 2 aliphatic carbocycles. The van der Waals surface area contributed by atoms with Crippen LogP contribution in [-0.2, 0) is 17.6 Å². The van der Waals surface area contributed by atoms with Gasteiger partial charge in [0.25, 0.3) is 5.91 Å². The number of nitrogens with zero attached hydrogens (tertiary/aromatic N) is 1. The Hall–Kier alpha value is -2.40. The third-order valence-electron chi connectivity index (χ3n) is 5.12. The average molecular weight is 475 g/mol. The summed E-state index contributed by atoms with van der Waals surface area (Å²) in [7, 11) is 0. The van der Waals surface area contributed by atoms with Crippen LogP contribution < -0.4 is 5.32 Å². The van der Waals surface area contributed by atoms with Crippen LogP contribution in [0, 0.1) is 12.8 Å². The number of nitrogens with one attached hydrogen (secondary N) is 1. The Morgan fingerprint density at radius 1 is 1.26 bits per heavy atom. The second-order valence-electron chi connectivity index (χ2n) is 7.34. The topological polar surface area (TPSA) is 99.5 Å². The summed E-state index contributed by atoms with van der Waals surface area (Å²) in [5.41, 5.74) is 3.37. The molecule has 0 aromatic carbocycles. The zero-order valence-electron chi connectivity index (χ0n) is 16.6. The number of hydrogen-bond donors (Lipinski definition) is 3. The molecule has 0 bridgehead atoms. The minimum absolute atomic E-state index is 0.0145. The van der Waals surface area contributed by atoms with E-state index in [9.17, 15) is 18.0 Å². The monoisotopic (exact) mass is 474 g/mol. The number of thiophene rings is 1. The molecule has 0 saturated heterocycles. The average Bonchev–Trinajstić information content (AvgIpc) is 3.39. The van der Waals surface area contributed by atoms with E-state index in [-0.39, 0.29) is 18.7 Å². The Bertz CT molecular complexity index is 1010. The maximum Gasteiger partial charge on any atom is 0.503 e. The SMILES string of the molecule is Cc1csc(-c2c(NC(=O)C3=CCCC3)sc3c2CCC(C(F)(F)F)C3)n1.O=C(O)O. The number of halogens is 3. The molecule has 0 saturated carbocycles. The molecule has 1 unspecified atom stereocenters. The van der Waals surface area contributed by atoms with Crippen LogP contribution in [0.15, 0.2) is 17.0 Å². The Balaban J connectivity index is 0.000000628. The molecule has 2 heterocycles. The van der Waals surface area contributed by atoms with Crippen LogP contribution in [0.25, 0.3) is 10.6 Å². The van der Waals surface area contributed by atoms with Crippen LogP contribution in [0.2, 0.25) is 0 Å². The summed E-state index contributed by atoms with van der Waals surface area (Å²) in [5, 5.41) is 20.2. The summed E-state index contributed by atoms with van der Waals surface area (Å²) in [6.07, 6.45) is -1.03. The summed E-state index contributed by atoms with van der Waals surface area (Å²) in [4.78, 5) is 26.4. The van der Waals surface area contributed by atoms with E-state index in [2.05, 4.69) is 10.3 Å². The van der Waals surface area contributed by atoms with E-state index in [1.165, 1.54) is 22.7 Å². The van der Waals surface area contributed by atoms with Gasteiger partial charge in [0, 0.05) is 27.1 Å². The molecule has 0 aliphatic heterocycles. The molecule has 1 atom stereocenters. The molecule has 168 valence electrons. The van der Waals surface area contributed by atoms with E-state index in [0.29, 0.717) is 11.4 Å². The van der Waals surface area contributed by atoms with Crippen molar-refractivity contribution in [3.8, 4) is 10.6 Å². The number of aryl methyl sites for hydroxylation is 1. The van der Waals surface area contributed by atoms with Crippen LogP contribution in [0.4, 0.5) is 23.0 Å². The van der Waals surface area contributed by atoms with Gasteiger partial charge in [0.15, 0.2) is 0 Å². The molecule has 1 amide bonds. The van der Waals surface area contributed by atoms with Gasteiger partial charge in [-0.05, 0) is 51.0 Å². The molecule has 3 N–H and O–H groups in total. The minimum Gasteiger partial charge on any atom is -0.450 e. The van der Waals surface area contributed by atoms with E-state index < -0.39 is 18.2 Å². The first-order valence-electron chi connectivity index (χ1n) is 9.62.